The van der Waals surface area contributed by atoms with Crippen molar-refractivity contribution in [1.82, 2.24) is 0 Å². The maximum Gasteiger partial charge on any atom is 0.394 e. The molecule has 0 aliphatic rings. The molecule has 0 aromatic heterocycles. The lowest BCUT2D eigenvalue weighted by molar-refractivity contribution is 0.363. The van der Waals surface area contributed by atoms with E-state index in [1.807, 2.05) is 30.3 Å². The molecule has 0 unspecified atom stereocenters. The highest BCUT2D eigenvalue weighted by molar-refractivity contribution is 7.79. The third-order valence-corrected chi connectivity index (χ3v) is 1.11. The molecule has 17 heavy (non-hydrogen) atoms. The molecule has 0 fully saturated rings. The van der Waals surface area contributed by atoms with Crippen LogP contribution in [0.25, 0.3) is 0 Å². The lowest BCUT2D eigenvalue weighted by Gasteiger charge is -1.99. The van der Waals surface area contributed by atoms with Crippen LogP contribution >= 0.6 is 0 Å². The second-order valence-corrected chi connectivity index (χ2v) is 3.26. The Kier molecular flexibility index (Phi) is 11.4. The van der Waals surface area contributed by atoms with Gasteiger partial charge in [0.15, 0.2) is 0 Å². The van der Waals surface area contributed by atoms with E-state index in [1.54, 1.807) is 6.08 Å². The molecule has 2 N–H and O–H groups in total. The zero-order chi connectivity index (χ0) is 13.7. The molecule has 0 spiro atoms. The number of hydrogen-bond acceptors (Lipinski definition) is 3. The summed E-state index contributed by atoms with van der Waals surface area (Å²) in [7, 11) is -4.67. The van der Waals surface area contributed by atoms with Crippen molar-refractivity contribution in [1.29, 1.82) is 0 Å². The second kappa shape index (κ2) is 10.9. The molecule has 0 atom stereocenters. The summed E-state index contributed by atoms with van der Waals surface area (Å²) in [6, 6.07) is 9.69. The molecule has 0 amide bonds. The standard InChI is InChI=1S/C9H10O.C2H4.H2O4S/c1-2-8-10-9-6-4-3-5-7-9;1-2;1-5(2,3)4/h2-7H,1,8H2;1-2H2;(H2,1,2,3,4). The van der Waals surface area contributed by atoms with Gasteiger partial charge in [-0.1, -0.05) is 30.9 Å². The molecule has 5 nitrogen and oxygen atoms in total. The number of para-hydroxylation sites is 1. The van der Waals surface area contributed by atoms with Gasteiger partial charge in [-0.3, -0.25) is 9.11 Å². The summed E-state index contributed by atoms with van der Waals surface area (Å²) in [5, 5.41) is 0. The maximum absolute atomic E-state index is 8.74. The average Bonchev–Trinajstić information content (AvgIpc) is 2.28. The van der Waals surface area contributed by atoms with E-state index in [2.05, 4.69) is 19.7 Å². The van der Waals surface area contributed by atoms with Gasteiger partial charge in [0.1, 0.15) is 12.4 Å². The summed E-state index contributed by atoms with van der Waals surface area (Å²) in [5.41, 5.74) is 0. The van der Waals surface area contributed by atoms with Gasteiger partial charge in [0.25, 0.3) is 0 Å². The van der Waals surface area contributed by atoms with Crippen LogP contribution in [0.2, 0.25) is 0 Å². The monoisotopic (exact) mass is 260 g/mol. The Labute approximate surface area is 102 Å². The largest absolute Gasteiger partial charge is 0.490 e. The van der Waals surface area contributed by atoms with Crippen molar-refractivity contribution in [3.8, 4) is 5.75 Å². The molecule has 0 aliphatic carbocycles. The molecule has 0 aliphatic heterocycles. The normalized spacial score (nSPS) is 8.82. The number of hydrogen-bond donors (Lipinski definition) is 2. The van der Waals surface area contributed by atoms with Crippen molar-refractivity contribution in [3.05, 3.63) is 56.1 Å². The molecule has 0 saturated heterocycles. The Morgan fingerprint density at radius 3 is 1.94 bits per heavy atom. The van der Waals surface area contributed by atoms with E-state index < -0.39 is 10.4 Å². The topological polar surface area (TPSA) is 83.8 Å². The zero-order valence-corrected chi connectivity index (χ0v) is 10.1. The first kappa shape index (κ1) is 17.8. The van der Waals surface area contributed by atoms with Gasteiger partial charge in [0, 0.05) is 0 Å². The molecular formula is C11H16O5S. The fourth-order valence-corrected chi connectivity index (χ4v) is 0.672. The van der Waals surface area contributed by atoms with E-state index in [0.717, 1.165) is 5.75 Å². The molecule has 1 aromatic rings. The highest BCUT2D eigenvalue weighted by Gasteiger charge is 1.85. The Hall–Kier alpha value is -1.63. The lowest BCUT2D eigenvalue weighted by Crippen LogP contribution is -1.91. The van der Waals surface area contributed by atoms with Crippen LogP contribution in [0.15, 0.2) is 56.1 Å². The molecule has 1 aromatic carbocycles. The SMILES string of the molecule is C=C.C=CCOc1ccccc1.O=S(=O)(O)O. The molecule has 0 heterocycles. The third kappa shape index (κ3) is 20.4. The number of ether oxygens (including phenoxy) is 1. The van der Waals surface area contributed by atoms with Crippen LogP contribution < -0.4 is 4.74 Å². The summed E-state index contributed by atoms with van der Waals surface area (Å²) in [4.78, 5) is 0. The van der Waals surface area contributed by atoms with E-state index in [1.165, 1.54) is 0 Å². The predicted molar refractivity (Wildman–Crippen MR) is 67.6 cm³/mol. The van der Waals surface area contributed by atoms with Crippen LogP contribution in [0.3, 0.4) is 0 Å². The van der Waals surface area contributed by atoms with Crippen LogP contribution in [-0.2, 0) is 10.4 Å². The minimum absolute atomic E-state index is 0.573. The second-order valence-electron chi connectivity index (χ2n) is 2.36. The van der Waals surface area contributed by atoms with Crippen molar-refractivity contribution >= 4 is 10.4 Å². The Bertz CT molecular complexity index is 378. The first-order valence-electron chi connectivity index (χ1n) is 4.42. The molecule has 6 heteroatoms. The summed E-state index contributed by atoms with van der Waals surface area (Å²) >= 11 is 0. The molecule has 1 rings (SSSR count). The van der Waals surface area contributed by atoms with Gasteiger partial charge < -0.3 is 4.74 Å². The Balaban J connectivity index is 0. The van der Waals surface area contributed by atoms with E-state index in [-0.39, 0.29) is 0 Å². The van der Waals surface area contributed by atoms with Crippen LogP contribution in [-0.4, -0.2) is 24.1 Å². The van der Waals surface area contributed by atoms with Crippen LogP contribution in [0, 0.1) is 0 Å². The van der Waals surface area contributed by atoms with E-state index in [4.69, 9.17) is 22.3 Å². The van der Waals surface area contributed by atoms with E-state index in [0.29, 0.717) is 6.61 Å². The highest BCUT2D eigenvalue weighted by atomic mass is 32.3. The minimum Gasteiger partial charge on any atom is -0.490 e. The van der Waals surface area contributed by atoms with Gasteiger partial charge in [-0.15, -0.1) is 13.2 Å². The van der Waals surface area contributed by atoms with Crippen molar-refractivity contribution in [3.63, 3.8) is 0 Å². The van der Waals surface area contributed by atoms with Crippen LogP contribution in [0.5, 0.6) is 5.75 Å². The van der Waals surface area contributed by atoms with Gasteiger partial charge in [0.05, 0.1) is 0 Å². The number of benzene rings is 1. The van der Waals surface area contributed by atoms with Gasteiger partial charge in [0.2, 0.25) is 0 Å². The first-order valence-corrected chi connectivity index (χ1v) is 5.82. The third-order valence-electron chi connectivity index (χ3n) is 1.11. The smallest absolute Gasteiger partial charge is 0.394 e. The molecule has 0 saturated carbocycles. The maximum atomic E-state index is 8.74. The van der Waals surface area contributed by atoms with Gasteiger partial charge in [-0.2, -0.15) is 8.42 Å². The van der Waals surface area contributed by atoms with Crippen LogP contribution in [0.4, 0.5) is 0 Å². The van der Waals surface area contributed by atoms with Gasteiger partial charge >= 0.3 is 10.4 Å². The van der Waals surface area contributed by atoms with Crippen molar-refractivity contribution < 1.29 is 22.3 Å². The Morgan fingerprint density at radius 2 is 1.59 bits per heavy atom. The molecular weight excluding hydrogens is 244 g/mol. The fraction of sp³-hybridized carbons (Fsp3) is 0.0909. The van der Waals surface area contributed by atoms with Crippen molar-refractivity contribution in [2.75, 3.05) is 6.61 Å². The Morgan fingerprint density at radius 1 is 1.18 bits per heavy atom. The average molecular weight is 260 g/mol. The highest BCUT2D eigenvalue weighted by Crippen LogP contribution is 2.07. The quantitative estimate of drug-likeness (QED) is 0.644. The van der Waals surface area contributed by atoms with Gasteiger partial charge in [-0.25, -0.2) is 0 Å². The minimum atomic E-state index is -4.67. The van der Waals surface area contributed by atoms with Gasteiger partial charge in [-0.05, 0) is 12.1 Å². The van der Waals surface area contributed by atoms with Crippen molar-refractivity contribution in [2.24, 2.45) is 0 Å². The van der Waals surface area contributed by atoms with E-state index >= 15 is 0 Å². The zero-order valence-electron chi connectivity index (χ0n) is 9.32. The molecule has 0 radical (unpaired) electrons. The molecule has 96 valence electrons. The fourth-order valence-electron chi connectivity index (χ4n) is 0.672. The van der Waals surface area contributed by atoms with Crippen molar-refractivity contribution in [2.45, 2.75) is 0 Å². The van der Waals surface area contributed by atoms with E-state index in [9.17, 15) is 0 Å². The molecule has 0 bridgehead atoms. The summed E-state index contributed by atoms with van der Waals surface area (Å²) in [6.45, 7) is 10.1. The van der Waals surface area contributed by atoms with Crippen LogP contribution in [0.1, 0.15) is 0 Å². The lowest BCUT2D eigenvalue weighted by atomic mass is 10.3. The summed E-state index contributed by atoms with van der Waals surface area (Å²) < 4.78 is 36.8. The first-order chi connectivity index (χ1) is 7.93. The summed E-state index contributed by atoms with van der Waals surface area (Å²) in [6.07, 6.45) is 1.73. The predicted octanol–water partition coefficient (Wildman–Crippen LogP) is 2.40. The summed E-state index contributed by atoms with van der Waals surface area (Å²) in [5.74, 6) is 0.891. The number of rotatable bonds is 3.